The first-order valence-corrected chi connectivity index (χ1v) is 7.89. The number of hydrogen-bond acceptors (Lipinski definition) is 3. The molecular formula is C15H31N3. The number of piperazine rings is 1. The Labute approximate surface area is 113 Å². The van der Waals surface area contributed by atoms with Gasteiger partial charge in [-0.1, -0.05) is 13.8 Å². The summed E-state index contributed by atoms with van der Waals surface area (Å²) in [6.45, 7) is 14.7. The van der Waals surface area contributed by atoms with E-state index in [4.69, 9.17) is 0 Å². The third kappa shape index (κ3) is 5.68. The maximum atomic E-state index is 3.56. The van der Waals surface area contributed by atoms with E-state index in [1.165, 1.54) is 65.1 Å². The number of hydrogen-bond donors (Lipinski definition) is 1. The summed E-state index contributed by atoms with van der Waals surface area (Å²) in [6.07, 6.45) is 4.27. The summed E-state index contributed by atoms with van der Waals surface area (Å²) in [6, 6.07) is 0. The highest BCUT2D eigenvalue weighted by atomic mass is 15.3. The largest absolute Gasteiger partial charge is 0.315 e. The lowest BCUT2D eigenvalue weighted by molar-refractivity contribution is 0.129. The molecule has 1 aliphatic heterocycles. The second kappa shape index (κ2) is 7.46. The van der Waals surface area contributed by atoms with Crippen LogP contribution in [0.3, 0.4) is 0 Å². The topological polar surface area (TPSA) is 18.5 Å². The molecule has 18 heavy (non-hydrogen) atoms. The van der Waals surface area contributed by atoms with Gasteiger partial charge in [-0.2, -0.15) is 0 Å². The van der Waals surface area contributed by atoms with Crippen LogP contribution in [-0.2, 0) is 0 Å². The van der Waals surface area contributed by atoms with Crippen molar-refractivity contribution in [2.24, 2.45) is 11.8 Å². The van der Waals surface area contributed by atoms with Crippen LogP contribution in [0.25, 0.3) is 0 Å². The van der Waals surface area contributed by atoms with Gasteiger partial charge in [-0.25, -0.2) is 0 Å². The first-order valence-electron chi connectivity index (χ1n) is 7.89. The summed E-state index contributed by atoms with van der Waals surface area (Å²) in [4.78, 5) is 5.28. The van der Waals surface area contributed by atoms with Crippen molar-refractivity contribution in [3.63, 3.8) is 0 Å². The molecule has 0 bridgehead atoms. The van der Waals surface area contributed by atoms with E-state index in [1.54, 1.807) is 0 Å². The van der Waals surface area contributed by atoms with Crippen molar-refractivity contribution in [1.29, 1.82) is 0 Å². The highest BCUT2D eigenvalue weighted by molar-refractivity contribution is 4.80. The van der Waals surface area contributed by atoms with Gasteiger partial charge in [0.2, 0.25) is 0 Å². The predicted molar refractivity (Wildman–Crippen MR) is 77.9 cm³/mol. The molecule has 106 valence electrons. The molecular weight excluding hydrogens is 222 g/mol. The van der Waals surface area contributed by atoms with Gasteiger partial charge in [0, 0.05) is 45.8 Å². The molecule has 0 unspecified atom stereocenters. The Balaban J connectivity index is 1.45. The Hall–Kier alpha value is -0.120. The van der Waals surface area contributed by atoms with E-state index >= 15 is 0 Å². The lowest BCUT2D eigenvalue weighted by Crippen LogP contribution is -2.48. The van der Waals surface area contributed by atoms with Crippen LogP contribution < -0.4 is 5.32 Å². The van der Waals surface area contributed by atoms with Crippen LogP contribution in [0.15, 0.2) is 0 Å². The number of nitrogens with one attached hydrogen (secondary N) is 1. The lowest BCUT2D eigenvalue weighted by Gasteiger charge is -2.34. The highest BCUT2D eigenvalue weighted by Gasteiger charge is 2.26. The summed E-state index contributed by atoms with van der Waals surface area (Å²) in [5.74, 6) is 1.87. The lowest BCUT2D eigenvalue weighted by atomic mass is 10.1. The summed E-state index contributed by atoms with van der Waals surface area (Å²) in [5, 5.41) is 3.56. The molecule has 3 heteroatoms. The fraction of sp³-hybridized carbons (Fsp3) is 1.00. The van der Waals surface area contributed by atoms with E-state index in [9.17, 15) is 0 Å². The molecule has 0 spiro atoms. The van der Waals surface area contributed by atoms with Crippen LogP contribution in [0.2, 0.25) is 0 Å². The van der Waals surface area contributed by atoms with Crippen molar-refractivity contribution >= 4 is 0 Å². The predicted octanol–water partition coefficient (Wildman–Crippen LogP) is 1.65. The minimum atomic E-state index is 0.823. The van der Waals surface area contributed by atoms with Gasteiger partial charge >= 0.3 is 0 Å². The SMILES string of the molecule is CC(C)CCNCCN1CCN(CC2CC2)CC1. The molecule has 0 atom stereocenters. The third-order valence-corrected chi connectivity index (χ3v) is 4.18. The molecule has 1 aliphatic carbocycles. The van der Waals surface area contributed by atoms with Gasteiger partial charge in [-0.3, -0.25) is 4.90 Å². The minimum absolute atomic E-state index is 0.823. The van der Waals surface area contributed by atoms with Crippen molar-refractivity contribution < 1.29 is 0 Å². The summed E-state index contributed by atoms with van der Waals surface area (Å²) < 4.78 is 0. The van der Waals surface area contributed by atoms with Gasteiger partial charge in [0.25, 0.3) is 0 Å². The Kier molecular flexibility index (Phi) is 5.93. The molecule has 0 radical (unpaired) electrons. The number of rotatable bonds is 8. The van der Waals surface area contributed by atoms with E-state index in [0.717, 1.165) is 18.4 Å². The fourth-order valence-electron chi connectivity index (χ4n) is 2.61. The quantitative estimate of drug-likeness (QED) is 0.664. The van der Waals surface area contributed by atoms with Crippen molar-refractivity contribution in [1.82, 2.24) is 15.1 Å². The molecule has 1 saturated carbocycles. The standard InChI is InChI=1S/C15H31N3/c1-14(2)5-6-16-7-8-17-9-11-18(12-10-17)13-15-3-4-15/h14-16H,3-13H2,1-2H3. The van der Waals surface area contributed by atoms with Crippen LogP contribution in [0, 0.1) is 11.8 Å². The second-order valence-electron chi connectivity index (χ2n) is 6.52. The van der Waals surface area contributed by atoms with E-state index in [-0.39, 0.29) is 0 Å². The zero-order valence-corrected chi connectivity index (χ0v) is 12.3. The average molecular weight is 253 g/mol. The van der Waals surface area contributed by atoms with Crippen LogP contribution in [0.5, 0.6) is 0 Å². The molecule has 0 aromatic rings. The van der Waals surface area contributed by atoms with E-state index in [1.807, 2.05) is 0 Å². The Bertz CT molecular complexity index is 218. The molecule has 0 aromatic heterocycles. The Morgan fingerprint density at radius 1 is 1.00 bits per heavy atom. The van der Waals surface area contributed by atoms with Crippen LogP contribution in [0.4, 0.5) is 0 Å². The maximum absolute atomic E-state index is 3.56. The first kappa shape index (κ1) is 14.3. The molecule has 3 nitrogen and oxygen atoms in total. The molecule has 2 fully saturated rings. The van der Waals surface area contributed by atoms with Gasteiger partial charge in [0.15, 0.2) is 0 Å². The van der Waals surface area contributed by atoms with Crippen LogP contribution in [-0.4, -0.2) is 62.2 Å². The van der Waals surface area contributed by atoms with Crippen LogP contribution >= 0.6 is 0 Å². The van der Waals surface area contributed by atoms with Gasteiger partial charge in [-0.05, 0) is 37.6 Å². The second-order valence-corrected chi connectivity index (χ2v) is 6.52. The van der Waals surface area contributed by atoms with Crippen LogP contribution in [0.1, 0.15) is 33.1 Å². The van der Waals surface area contributed by atoms with E-state index in [2.05, 4.69) is 29.0 Å². The minimum Gasteiger partial charge on any atom is -0.315 e. The van der Waals surface area contributed by atoms with Gasteiger partial charge in [-0.15, -0.1) is 0 Å². The maximum Gasteiger partial charge on any atom is 0.0110 e. The van der Waals surface area contributed by atoms with Gasteiger partial charge in [0.05, 0.1) is 0 Å². The molecule has 1 saturated heterocycles. The monoisotopic (exact) mass is 253 g/mol. The molecule has 1 heterocycles. The molecule has 0 aromatic carbocycles. The van der Waals surface area contributed by atoms with E-state index in [0.29, 0.717) is 0 Å². The van der Waals surface area contributed by atoms with Crippen molar-refractivity contribution in [2.75, 3.05) is 52.4 Å². The Morgan fingerprint density at radius 3 is 2.28 bits per heavy atom. The molecule has 0 amide bonds. The third-order valence-electron chi connectivity index (χ3n) is 4.18. The molecule has 2 aliphatic rings. The van der Waals surface area contributed by atoms with Crippen molar-refractivity contribution in [2.45, 2.75) is 33.1 Å². The Morgan fingerprint density at radius 2 is 1.67 bits per heavy atom. The van der Waals surface area contributed by atoms with E-state index < -0.39 is 0 Å². The average Bonchev–Trinajstić information content (AvgIpc) is 3.14. The zero-order valence-electron chi connectivity index (χ0n) is 12.3. The first-order chi connectivity index (χ1) is 8.74. The van der Waals surface area contributed by atoms with Gasteiger partial charge in [0.1, 0.15) is 0 Å². The highest BCUT2D eigenvalue weighted by Crippen LogP contribution is 2.29. The summed E-state index contributed by atoms with van der Waals surface area (Å²) >= 11 is 0. The molecule has 2 rings (SSSR count). The zero-order chi connectivity index (χ0) is 12.8. The smallest absolute Gasteiger partial charge is 0.0110 e. The number of nitrogens with zero attached hydrogens (tertiary/aromatic N) is 2. The van der Waals surface area contributed by atoms with Crippen molar-refractivity contribution in [3.05, 3.63) is 0 Å². The summed E-state index contributed by atoms with van der Waals surface area (Å²) in [7, 11) is 0. The fourth-order valence-corrected chi connectivity index (χ4v) is 2.61. The summed E-state index contributed by atoms with van der Waals surface area (Å²) in [5.41, 5.74) is 0. The van der Waals surface area contributed by atoms with Crippen molar-refractivity contribution in [3.8, 4) is 0 Å². The normalized spacial score (nSPS) is 22.8. The molecule has 1 N–H and O–H groups in total. The van der Waals surface area contributed by atoms with Gasteiger partial charge < -0.3 is 10.2 Å².